The average molecular weight is 281 g/mol. The third-order valence-corrected chi connectivity index (χ3v) is 2.60. The lowest BCUT2D eigenvalue weighted by molar-refractivity contribution is -0.384. The average Bonchev–Trinajstić information content (AvgIpc) is 2.83. The van der Waals surface area contributed by atoms with Gasteiger partial charge < -0.3 is 14.2 Å². The maximum atomic E-state index is 11.4. The summed E-state index contributed by atoms with van der Waals surface area (Å²) in [5.74, 6) is -0.189. The lowest BCUT2D eigenvalue weighted by Crippen LogP contribution is -2.20. The summed E-state index contributed by atoms with van der Waals surface area (Å²) in [6.07, 6.45) is -0.580. The molecule has 0 amide bonds. The van der Waals surface area contributed by atoms with Crippen molar-refractivity contribution in [3.8, 4) is 5.75 Å². The number of esters is 1. The van der Waals surface area contributed by atoms with E-state index in [0.717, 1.165) is 0 Å². The molecule has 0 radical (unpaired) electrons. The molecule has 1 aliphatic rings. The number of nitro benzene ring substituents is 1. The van der Waals surface area contributed by atoms with E-state index >= 15 is 0 Å². The number of non-ortho nitro benzene ring substituents is 1. The fraction of sp³-hybridized carbons (Fsp3) is 0.333. The van der Waals surface area contributed by atoms with Crippen LogP contribution in [-0.2, 0) is 14.3 Å². The molecule has 0 bridgehead atoms. The first-order valence-electron chi connectivity index (χ1n) is 5.83. The number of ether oxygens (including phenoxy) is 3. The highest BCUT2D eigenvalue weighted by atomic mass is 16.7. The Kier molecular flexibility index (Phi) is 4.14. The standard InChI is InChI=1S/C12H11NO7/c14-11-6-5-10(19-11)7-18-12(15)20-9-3-1-8(2-4-9)13(16)17/h1-4,10H,5-7H2/t10-/m0/s1. The molecule has 0 unspecified atom stereocenters. The molecule has 0 saturated carbocycles. The smallest absolute Gasteiger partial charge is 0.459 e. The number of carbonyl (C=O) groups is 2. The number of nitro groups is 1. The van der Waals surface area contributed by atoms with Gasteiger partial charge in [0.1, 0.15) is 18.5 Å². The van der Waals surface area contributed by atoms with Gasteiger partial charge in [-0.2, -0.15) is 0 Å². The summed E-state index contributed by atoms with van der Waals surface area (Å²) >= 11 is 0. The normalized spacial score (nSPS) is 17.4. The Balaban J connectivity index is 1.79. The van der Waals surface area contributed by atoms with Crippen molar-refractivity contribution in [1.29, 1.82) is 0 Å². The van der Waals surface area contributed by atoms with Gasteiger partial charge in [-0.25, -0.2) is 4.79 Å². The number of hydrogen-bond acceptors (Lipinski definition) is 7. The molecule has 1 aromatic rings. The number of rotatable bonds is 4. The molecule has 8 nitrogen and oxygen atoms in total. The molecule has 1 aliphatic heterocycles. The van der Waals surface area contributed by atoms with Crippen LogP contribution in [0.15, 0.2) is 24.3 Å². The predicted molar refractivity (Wildman–Crippen MR) is 64.2 cm³/mol. The number of hydrogen-bond donors (Lipinski definition) is 0. The van der Waals surface area contributed by atoms with E-state index < -0.39 is 17.2 Å². The Hall–Kier alpha value is -2.64. The van der Waals surface area contributed by atoms with Gasteiger partial charge >= 0.3 is 12.1 Å². The molecule has 106 valence electrons. The van der Waals surface area contributed by atoms with Gasteiger partial charge in [-0.1, -0.05) is 0 Å². The first kappa shape index (κ1) is 13.8. The van der Waals surface area contributed by atoms with Gasteiger partial charge in [0.25, 0.3) is 5.69 Å². The van der Waals surface area contributed by atoms with Crippen molar-refractivity contribution >= 4 is 17.8 Å². The molecule has 0 aliphatic carbocycles. The van der Waals surface area contributed by atoms with Crippen molar-refractivity contribution in [3.05, 3.63) is 34.4 Å². The van der Waals surface area contributed by atoms with E-state index in [1.54, 1.807) is 0 Å². The van der Waals surface area contributed by atoms with Gasteiger partial charge in [-0.15, -0.1) is 0 Å². The van der Waals surface area contributed by atoms with Gasteiger partial charge in [0.15, 0.2) is 0 Å². The molecular weight excluding hydrogens is 270 g/mol. The van der Waals surface area contributed by atoms with Crippen LogP contribution in [0.1, 0.15) is 12.8 Å². The van der Waals surface area contributed by atoms with Crippen molar-refractivity contribution in [2.75, 3.05) is 6.61 Å². The number of cyclic esters (lactones) is 1. The van der Waals surface area contributed by atoms with Crippen LogP contribution in [-0.4, -0.2) is 29.8 Å². The van der Waals surface area contributed by atoms with E-state index in [2.05, 4.69) is 0 Å². The quantitative estimate of drug-likeness (QED) is 0.358. The van der Waals surface area contributed by atoms with Gasteiger partial charge in [0.05, 0.1) is 4.92 Å². The van der Waals surface area contributed by atoms with Crippen molar-refractivity contribution < 1.29 is 28.7 Å². The molecule has 0 spiro atoms. The Bertz CT molecular complexity index is 525. The van der Waals surface area contributed by atoms with Crippen LogP contribution in [0.5, 0.6) is 5.75 Å². The summed E-state index contributed by atoms with van der Waals surface area (Å²) in [4.78, 5) is 32.1. The molecule has 0 aromatic heterocycles. The monoisotopic (exact) mass is 281 g/mol. The minimum Gasteiger partial charge on any atom is -0.459 e. The largest absolute Gasteiger partial charge is 0.513 e. The van der Waals surface area contributed by atoms with Crippen molar-refractivity contribution in [1.82, 2.24) is 0 Å². The number of carbonyl (C=O) groups excluding carboxylic acids is 2. The van der Waals surface area contributed by atoms with Gasteiger partial charge in [0.2, 0.25) is 0 Å². The third-order valence-electron chi connectivity index (χ3n) is 2.60. The molecule has 20 heavy (non-hydrogen) atoms. The Morgan fingerprint density at radius 1 is 1.40 bits per heavy atom. The highest BCUT2D eigenvalue weighted by Crippen LogP contribution is 2.18. The molecule has 1 aromatic carbocycles. The summed E-state index contributed by atoms with van der Waals surface area (Å²) in [6.45, 7) is -0.0719. The topological polar surface area (TPSA) is 105 Å². The fourth-order valence-electron chi connectivity index (χ4n) is 1.62. The number of nitrogens with zero attached hydrogens (tertiary/aromatic N) is 1. The summed E-state index contributed by atoms with van der Waals surface area (Å²) in [6, 6.07) is 4.99. The third kappa shape index (κ3) is 3.67. The van der Waals surface area contributed by atoms with E-state index in [1.807, 2.05) is 0 Å². The molecule has 0 N–H and O–H groups in total. The highest BCUT2D eigenvalue weighted by molar-refractivity contribution is 5.71. The first-order valence-corrected chi connectivity index (χ1v) is 5.83. The molecule has 8 heteroatoms. The predicted octanol–water partition coefficient (Wildman–Crippen LogP) is 1.82. The summed E-state index contributed by atoms with van der Waals surface area (Å²) in [5.41, 5.74) is -0.108. The SMILES string of the molecule is O=C1CC[C@@H](COC(=O)Oc2ccc([N+](=O)[O-])cc2)O1. The maximum absolute atomic E-state index is 11.4. The molecule has 1 saturated heterocycles. The molecule has 1 heterocycles. The Labute approximate surface area is 113 Å². The first-order chi connectivity index (χ1) is 9.54. The van der Waals surface area contributed by atoms with Crippen LogP contribution in [0.4, 0.5) is 10.5 Å². The van der Waals surface area contributed by atoms with Crippen LogP contribution >= 0.6 is 0 Å². The van der Waals surface area contributed by atoms with E-state index in [-0.39, 0.29) is 24.0 Å². The van der Waals surface area contributed by atoms with E-state index in [9.17, 15) is 19.7 Å². The van der Waals surface area contributed by atoms with Crippen LogP contribution in [0.3, 0.4) is 0 Å². The fourth-order valence-corrected chi connectivity index (χ4v) is 1.62. The molecule has 1 atom stereocenters. The zero-order chi connectivity index (χ0) is 14.5. The highest BCUT2D eigenvalue weighted by Gasteiger charge is 2.24. The van der Waals surface area contributed by atoms with Gasteiger partial charge in [0, 0.05) is 18.6 Å². The summed E-state index contributed by atoms with van der Waals surface area (Å²) in [7, 11) is 0. The van der Waals surface area contributed by atoms with E-state index in [4.69, 9.17) is 14.2 Å². The summed E-state index contributed by atoms with van der Waals surface area (Å²) in [5, 5.41) is 10.4. The van der Waals surface area contributed by atoms with Crippen molar-refractivity contribution in [3.63, 3.8) is 0 Å². The van der Waals surface area contributed by atoms with Crippen LogP contribution in [0, 0.1) is 10.1 Å². The Morgan fingerprint density at radius 3 is 2.65 bits per heavy atom. The van der Waals surface area contributed by atoms with Crippen molar-refractivity contribution in [2.45, 2.75) is 18.9 Å². The van der Waals surface area contributed by atoms with Crippen LogP contribution in [0.25, 0.3) is 0 Å². The van der Waals surface area contributed by atoms with Crippen LogP contribution < -0.4 is 4.74 Å². The lowest BCUT2D eigenvalue weighted by atomic mass is 10.2. The molecule has 1 fully saturated rings. The second kappa shape index (κ2) is 6.00. The van der Waals surface area contributed by atoms with Crippen LogP contribution in [0.2, 0.25) is 0 Å². The maximum Gasteiger partial charge on any atom is 0.513 e. The second-order valence-electron chi connectivity index (χ2n) is 4.06. The number of benzene rings is 1. The lowest BCUT2D eigenvalue weighted by Gasteiger charge is -2.09. The molecular formula is C12H11NO7. The van der Waals surface area contributed by atoms with E-state index in [1.165, 1.54) is 24.3 Å². The zero-order valence-electron chi connectivity index (χ0n) is 10.3. The minimum atomic E-state index is -0.957. The minimum absolute atomic E-state index is 0.0719. The van der Waals surface area contributed by atoms with Gasteiger partial charge in [-0.05, 0) is 18.6 Å². The Morgan fingerprint density at radius 2 is 2.10 bits per heavy atom. The zero-order valence-corrected chi connectivity index (χ0v) is 10.3. The molecule has 2 rings (SSSR count). The van der Waals surface area contributed by atoms with E-state index in [0.29, 0.717) is 12.8 Å². The summed E-state index contributed by atoms with van der Waals surface area (Å²) < 4.78 is 14.5. The second-order valence-corrected chi connectivity index (χ2v) is 4.06. The van der Waals surface area contributed by atoms with Gasteiger partial charge in [-0.3, -0.25) is 14.9 Å². The van der Waals surface area contributed by atoms with Crippen molar-refractivity contribution in [2.24, 2.45) is 0 Å².